The van der Waals surface area contributed by atoms with Crippen LogP contribution < -0.4 is 10.2 Å². The van der Waals surface area contributed by atoms with E-state index in [-0.39, 0.29) is 12.7 Å². The van der Waals surface area contributed by atoms with Crippen LogP contribution in [0.4, 0.5) is 10.5 Å². The summed E-state index contributed by atoms with van der Waals surface area (Å²) in [5.41, 5.74) is 0.0640. The minimum atomic E-state index is -1.49. The molecule has 0 radical (unpaired) electrons. The van der Waals surface area contributed by atoms with Crippen LogP contribution in [0, 0.1) is 5.41 Å². The molecule has 2 N–H and O–H groups in total. The molecular weight excluding hydrogens is 504 g/mol. The average molecular weight is 539 g/mol. The number of esters is 1. The number of amides is 2. The number of carbonyl (C=O) groups is 4. The second kappa shape index (κ2) is 11.4. The van der Waals surface area contributed by atoms with Crippen molar-refractivity contribution in [3.63, 3.8) is 0 Å². The van der Waals surface area contributed by atoms with Gasteiger partial charge in [0.2, 0.25) is 0 Å². The fourth-order valence-corrected chi connectivity index (χ4v) is 5.48. The molecule has 10 heteroatoms. The van der Waals surface area contributed by atoms with Crippen molar-refractivity contribution in [1.82, 2.24) is 5.32 Å². The number of nitrogens with zero attached hydrogens (tertiary/aromatic N) is 1. The highest BCUT2D eigenvalue weighted by Gasteiger charge is 2.63. The van der Waals surface area contributed by atoms with Crippen molar-refractivity contribution in [2.45, 2.75) is 70.5 Å². The van der Waals surface area contributed by atoms with Gasteiger partial charge < -0.3 is 24.6 Å². The van der Waals surface area contributed by atoms with E-state index in [0.717, 1.165) is 23.3 Å². The molecule has 0 aromatic heterocycles. The highest BCUT2D eigenvalue weighted by Crippen LogP contribution is 2.55. The van der Waals surface area contributed by atoms with Gasteiger partial charge in [0.1, 0.15) is 30.9 Å². The maximum absolute atomic E-state index is 13.6. The summed E-state index contributed by atoms with van der Waals surface area (Å²) >= 11 is 0. The standard InChI is InChI=1S/C29H34N2O8/c1-28(2)22-14-15-29(3,39-22)26(28)38-24(34)17-31(20-12-8-5-9-13-20)25(35)21(16-23(32)33)30-27(36)37-18-19-10-6-4-7-11-19/h4-13,21-22,26H,14-18H2,1-3H3,(H,30,36)(H,32,33)/t21-,22?,26?,29?/m0/s1. The van der Waals surface area contributed by atoms with Crippen molar-refractivity contribution in [2.24, 2.45) is 5.41 Å². The van der Waals surface area contributed by atoms with Gasteiger partial charge in [-0.2, -0.15) is 0 Å². The van der Waals surface area contributed by atoms with Crippen molar-refractivity contribution >= 4 is 29.6 Å². The molecule has 0 aliphatic carbocycles. The maximum atomic E-state index is 13.6. The average Bonchev–Trinajstić information content (AvgIpc) is 3.39. The summed E-state index contributed by atoms with van der Waals surface area (Å²) in [6.07, 6.45) is -0.558. The van der Waals surface area contributed by atoms with Crippen LogP contribution in [0.2, 0.25) is 0 Å². The lowest BCUT2D eigenvalue weighted by molar-refractivity contribution is -0.161. The molecule has 2 aromatic carbocycles. The number of benzene rings is 2. The van der Waals surface area contributed by atoms with Crippen LogP contribution in [0.1, 0.15) is 45.6 Å². The molecule has 2 bridgehead atoms. The van der Waals surface area contributed by atoms with Crippen LogP contribution in [-0.2, 0) is 35.2 Å². The van der Waals surface area contributed by atoms with Gasteiger partial charge in [-0.1, -0.05) is 62.4 Å². The molecule has 3 unspecified atom stereocenters. The van der Waals surface area contributed by atoms with Crippen molar-refractivity contribution in [3.05, 3.63) is 66.2 Å². The van der Waals surface area contributed by atoms with E-state index >= 15 is 0 Å². The normalized spacial score (nSPS) is 23.5. The Bertz CT molecular complexity index is 1200. The van der Waals surface area contributed by atoms with E-state index in [4.69, 9.17) is 14.2 Å². The van der Waals surface area contributed by atoms with E-state index in [1.54, 1.807) is 54.6 Å². The van der Waals surface area contributed by atoms with E-state index in [0.29, 0.717) is 5.69 Å². The van der Waals surface area contributed by atoms with E-state index in [9.17, 15) is 24.3 Å². The first kappa shape index (κ1) is 28.1. The number of anilines is 1. The quantitative estimate of drug-likeness (QED) is 0.438. The van der Waals surface area contributed by atoms with Gasteiger partial charge in [-0.05, 0) is 37.5 Å². The lowest BCUT2D eigenvalue weighted by atomic mass is 9.70. The molecule has 2 aliphatic heterocycles. The monoisotopic (exact) mass is 538 g/mol. The lowest BCUT2D eigenvalue weighted by Crippen LogP contribution is -2.53. The van der Waals surface area contributed by atoms with Crippen molar-refractivity contribution < 1.29 is 38.5 Å². The van der Waals surface area contributed by atoms with Crippen LogP contribution >= 0.6 is 0 Å². The van der Waals surface area contributed by atoms with Crippen LogP contribution in [0.5, 0.6) is 0 Å². The zero-order valence-corrected chi connectivity index (χ0v) is 22.3. The third-order valence-electron chi connectivity index (χ3n) is 7.43. The molecule has 2 aromatic rings. The third-order valence-corrected chi connectivity index (χ3v) is 7.43. The number of carbonyl (C=O) groups excluding carboxylic acids is 3. The van der Waals surface area contributed by atoms with Gasteiger partial charge in [-0.25, -0.2) is 4.79 Å². The summed E-state index contributed by atoms with van der Waals surface area (Å²) in [7, 11) is 0. The molecule has 0 spiro atoms. The summed E-state index contributed by atoms with van der Waals surface area (Å²) in [6.45, 7) is 5.37. The summed E-state index contributed by atoms with van der Waals surface area (Å²) in [5.74, 6) is -2.75. The van der Waals surface area contributed by atoms with E-state index in [2.05, 4.69) is 5.32 Å². The molecule has 4 atom stereocenters. The Kier molecular flexibility index (Phi) is 8.25. The van der Waals surface area contributed by atoms with Crippen molar-refractivity contribution in [1.29, 1.82) is 0 Å². The molecule has 2 heterocycles. The van der Waals surface area contributed by atoms with Crippen LogP contribution in [0.25, 0.3) is 0 Å². The molecule has 2 amide bonds. The Hall–Kier alpha value is -3.92. The first-order valence-electron chi connectivity index (χ1n) is 12.9. The lowest BCUT2D eigenvalue weighted by Gasteiger charge is -2.38. The highest BCUT2D eigenvalue weighted by atomic mass is 16.6. The summed E-state index contributed by atoms with van der Waals surface area (Å²) in [6, 6.07) is 15.8. The Labute approximate surface area is 227 Å². The molecule has 0 saturated carbocycles. The Morgan fingerprint density at radius 2 is 1.69 bits per heavy atom. The van der Waals surface area contributed by atoms with Gasteiger partial charge >= 0.3 is 18.0 Å². The minimum absolute atomic E-state index is 0.0294. The number of nitrogens with one attached hydrogen (secondary N) is 1. The molecule has 2 fully saturated rings. The number of rotatable bonds is 10. The number of ether oxygens (including phenoxy) is 3. The molecule has 39 heavy (non-hydrogen) atoms. The molecule has 208 valence electrons. The van der Waals surface area contributed by atoms with Gasteiger partial charge in [0.25, 0.3) is 5.91 Å². The Morgan fingerprint density at radius 3 is 2.28 bits per heavy atom. The van der Waals surface area contributed by atoms with E-state index in [1.165, 1.54) is 0 Å². The number of alkyl carbamates (subject to hydrolysis) is 1. The van der Waals surface area contributed by atoms with Crippen LogP contribution in [-0.4, -0.2) is 59.4 Å². The van der Waals surface area contributed by atoms with Crippen LogP contribution in [0.15, 0.2) is 60.7 Å². The second-order valence-corrected chi connectivity index (χ2v) is 10.8. The topological polar surface area (TPSA) is 131 Å². The van der Waals surface area contributed by atoms with E-state index in [1.807, 2.05) is 26.8 Å². The smallest absolute Gasteiger partial charge is 0.408 e. The van der Waals surface area contributed by atoms with Crippen LogP contribution in [0.3, 0.4) is 0 Å². The van der Waals surface area contributed by atoms with Gasteiger partial charge in [0.15, 0.2) is 0 Å². The maximum Gasteiger partial charge on any atom is 0.408 e. The first-order chi connectivity index (χ1) is 18.5. The Morgan fingerprint density at radius 1 is 1.05 bits per heavy atom. The minimum Gasteiger partial charge on any atom is -0.481 e. The largest absolute Gasteiger partial charge is 0.481 e. The molecule has 2 aliphatic rings. The SMILES string of the molecule is CC12CCC(O1)C(C)(C)C2OC(=O)CN(C(=O)[C@H](CC(=O)O)NC(=O)OCc1ccccc1)c1ccccc1. The fourth-order valence-electron chi connectivity index (χ4n) is 5.48. The fraction of sp³-hybridized carbons (Fsp3) is 0.448. The van der Waals surface area contributed by atoms with E-state index < -0.39 is 60.1 Å². The number of carboxylic acids is 1. The predicted octanol–water partition coefficient (Wildman–Crippen LogP) is 3.68. The molecule has 10 nitrogen and oxygen atoms in total. The van der Waals surface area contributed by atoms with Gasteiger partial charge in [0.05, 0.1) is 12.5 Å². The van der Waals surface area contributed by atoms with Gasteiger partial charge in [-0.15, -0.1) is 0 Å². The summed E-state index contributed by atoms with van der Waals surface area (Å²) < 4.78 is 17.2. The van der Waals surface area contributed by atoms with Gasteiger partial charge in [0, 0.05) is 11.1 Å². The number of aliphatic carboxylic acids is 1. The predicted molar refractivity (Wildman–Crippen MR) is 141 cm³/mol. The molecule has 2 saturated heterocycles. The zero-order valence-electron chi connectivity index (χ0n) is 22.3. The number of para-hydroxylation sites is 1. The molecule has 4 rings (SSSR count). The summed E-state index contributed by atoms with van der Waals surface area (Å²) in [5, 5.41) is 11.8. The number of fused-ring (bicyclic) bond motifs is 2. The number of hydrogen-bond acceptors (Lipinski definition) is 7. The highest BCUT2D eigenvalue weighted by molar-refractivity contribution is 6.03. The zero-order chi connectivity index (χ0) is 28.2. The van der Waals surface area contributed by atoms with Crippen molar-refractivity contribution in [2.75, 3.05) is 11.4 Å². The molecular formula is C29H34N2O8. The van der Waals surface area contributed by atoms with Gasteiger partial charge in [-0.3, -0.25) is 19.3 Å². The first-order valence-corrected chi connectivity index (χ1v) is 12.9. The van der Waals surface area contributed by atoms with Crippen molar-refractivity contribution in [3.8, 4) is 0 Å². The number of carboxylic acid groups (broad SMARTS) is 1. The Balaban J connectivity index is 1.49. The second-order valence-electron chi connectivity index (χ2n) is 10.8. The number of hydrogen-bond donors (Lipinski definition) is 2. The summed E-state index contributed by atoms with van der Waals surface area (Å²) in [4.78, 5) is 52.1. The third kappa shape index (κ3) is 6.39.